The molecule has 1 rings (SSSR count). The molecule has 1 aromatic carbocycles. The number of benzene rings is 1. The van der Waals surface area contributed by atoms with Gasteiger partial charge in [-0.1, -0.05) is 0 Å². The smallest absolute Gasteiger partial charge is 0.379 e. The van der Waals surface area contributed by atoms with Gasteiger partial charge in [-0.25, -0.2) is 8.78 Å². The van der Waals surface area contributed by atoms with Crippen molar-refractivity contribution in [2.45, 2.75) is 12.3 Å². The SMILES string of the molecule is OC(c1cc(F)c(Br)cc1F)C(F)(F)F. The molecule has 1 atom stereocenters. The van der Waals surface area contributed by atoms with E-state index in [1.54, 1.807) is 0 Å². The Kier molecular flexibility index (Phi) is 3.34. The first-order valence-electron chi connectivity index (χ1n) is 3.62. The average Bonchev–Trinajstić information content (AvgIpc) is 2.08. The van der Waals surface area contributed by atoms with Crippen LogP contribution < -0.4 is 0 Å². The van der Waals surface area contributed by atoms with E-state index in [9.17, 15) is 22.0 Å². The van der Waals surface area contributed by atoms with Gasteiger partial charge >= 0.3 is 6.18 Å². The fourth-order valence-electron chi connectivity index (χ4n) is 0.924. The highest BCUT2D eigenvalue weighted by Gasteiger charge is 2.41. The van der Waals surface area contributed by atoms with E-state index in [1.807, 2.05) is 0 Å². The predicted octanol–water partition coefficient (Wildman–Crippen LogP) is 3.32. The lowest BCUT2D eigenvalue weighted by atomic mass is 10.1. The fourth-order valence-corrected chi connectivity index (χ4v) is 1.24. The van der Waals surface area contributed by atoms with Crippen molar-refractivity contribution < 1.29 is 27.1 Å². The number of aliphatic hydroxyl groups excluding tert-OH is 1. The highest BCUT2D eigenvalue weighted by molar-refractivity contribution is 9.10. The molecule has 1 N–H and O–H groups in total. The quantitative estimate of drug-likeness (QED) is 0.621. The van der Waals surface area contributed by atoms with Crippen molar-refractivity contribution in [1.82, 2.24) is 0 Å². The Morgan fingerprint density at radius 2 is 1.67 bits per heavy atom. The van der Waals surface area contributed by atoms with Gasteiger partial charge in [-0.3, -0.25) is 0 Å². The number of rotatable bonds is 1. The minimum atomic E-state index is -5.03. The van der Waals surface area contributed by atoms with E-state index in [-0.39, 0.29) is 4.47 Å². The third-order valence-electron chi connectivity index (χ3n) is 1.64. The molecule has 15 heavy (non-hydrogen) atoms. The Hall–Kier alpha value is -0.690. The van der Waals surface area contributed by atoms with Crippen molar-refractivity contribution in [3.63, 3.8) is 0 Å². The molecule has 0 heterocycles. The van der Waals surface area contributed by atoms with Gasteiger partial charge in [-0.2, -0.15) is 13.2 Å². The molecule has 0 spiro atoms. The maximum absolute atomic E-state index is 13.0. The standard InChI is InChI=1S/C8H4BrF5O/c9-4-2-5(10)3(1-6(4)11)7(15)8(12,13)14/h1-2,7,15H. The number of halogens is 6. The van der Waals surface area contributed by atoms with Crippen molar-refractivity contribution >= 4 is 15.9 Å². The highest BCUT2D eigenvalue weighted by Crippen LogP contribution is 2.35. The molecule has 1 aromatic rings. The van der Waals surface area contributed by atoms with Crippen LogP contribution in [0.25, 0.3) is 0 Å². The summed E-state index contributed by atoms with van der Waals surface area (Å²) in [6.45, 7) is 0. The number of alkyl halides is 3. The van der Waals surface area contributed by atoms with E-state index in [4.69, 9.17) is 5.11 Å². The molecule has 84 valence electrons. The van der Waals surface area contributed by atoms with Crippen LogP contribution in [-0.4, -0.2) is 11.3 Å². The molecular weight excluding hydrogens is 287 g/mol. The van der Waals surface area contributed by atoms with Crippen molar-refractivity contribution in [2.75, 3.05) is 0 Å². The van der Waals surface area contributed by atoms with Gasteiger partial charge in [0, 0.05) is 5.56 Å². The molecule has 0 amide bonds. The summed E-state index contributed by atoms with van der Waals surface area (Å²) in [6, 6.07) is 0.831. The van der Waals surface area contributed by atoms with E-state index < -0.39 is 29.5 Å². The van der Waals surface area contributed by atoms with Crippen LogP contribution in [-0.2, 0) is 0 Å². The van der Waals surface area contributed by atoms with Crippen LogP contribution in [0, 0.1) is 11.6 Å². The lowest BCUT2D eigenvalue weighted by molar-refractivity contribution is -0.207. The summed E-state index contributed by atoms with van der Waals surface area (Å²) >= 11 is 2.60. The zero-order chi connectivity index (χ0) is 11.8. The van der Waals surface area contributed by atoms with Gasteiger partial charge in [0.15, 0.2) is 6.10 Å². The Morgan fingerprint density at radius 1 is 1.13 bits per heavy atom. The monoisotopic (exact) mass is 290 g/mol. The normalized spacial score (nSPS) is 14.1. The van der Waals surface area contributed by atoms with Gasteiger partial charge in [0.1, 0.15) is 11.6 Å². The molecule has 0 aliphatic heterocycles. The van der Waals surface area contributed by atoms with Crippen LogP contribution in [0.5, 0.6) is 0 Å². The van der Waals surface area contributed by atoms with Crippen molar-refractivity contribution in [3.8, 4) is 0 Å². The van der Waals surface area contributed by atoms with Crippen molar-refractivity contribution in [1.29, 1.82) is 0 Å². The summed E-state index contributed by atoms with van der Waals surface area (Å²) < 4.78 is 61.5. The molecule has 0 radical (unpaired) electrons. The van der Waals surface area contributed by atoms with Crippen LogP contribution in [0.2, 0.25) is 0 Å². The topological polar surface area (TPSA) is 20.2 Å². The van der Waals surface area contributed by atoms with Crippen LogP contribution in [0.15, 0.2) is 16.6 Å². The third-order valence-corrected chi connectivity index (χ3v) is 2.25. The molecule has 1 nitrogen and oxygen atoms in total. The molecule has 0 bridgehead atoms. The van der Waals surface area contributed by atoms with E-state index >= 15 is 0 Å². The minimum absolute atomic E-state index is 0.303. The lowest BCUT2D eigenvalue weighted by Gasteiger charge is -2.15. The average molecular weight is 291 g/mol. The van der Waals surface area contributed by atoms with Crippen LogP contribution >= 0.6 is 15.9 Å². The maximum atomic E-state index is 13.0. The molecule has 0 aliphatic rings. The number of hydrogen-bond acceptors (Lipinski definition) is 1. The first kappa shape index (κ1) is 12.4. The molecular formula is C8H4BrF5O. The molecule has 0 fully saturated rings. The van der Waals surface area contributed by atoms with Gasteiger partial charge in [0.2, 0.25) is 0 Å². The van der Waals surface area contributed by atoms with Crippen LogP contribution in [0.3, 0.4) is 0 Å². The molecule has 0 aromatic heterocycles. The summed E-state index contributed by atoms with van der Waals surface area (Å²) in [5.74, 6) is -2.40. The van der Waals surface area contributed by atoms with Crippen LogP contribution in [0.1, 0.15) is 11.7 Å². The molecule has 1 unspecified atom stereocenters. The molecule has 0 saturated heterocycles. The zero-order valence-electron chi connectivity index (χ0n) is 6.95. The highest BCUT2D eigenvalue weighted by atomic mass is 79.9. The minimum Gasteiger partial charge on any atom is -0.379 e. The van der Waals surface area contributed by atoms with Gasteiger partial charge in [-0.05, 0) is 28.1 Å². The Balaban J connectivity index is 3.21. The molecule has 0 aliphatic carbocycles. The van der Waals surface area contributed by atoms with Gasteiger partial charge in [0.25, 0.3) is 0 Å². The van der Waals surface area contributed by atoms with Crippen molar-refractivity contribution in [3.05, 3.63) is 33.8 Å². The summed E-state index contributed by atoms with van der Waals surface area (Å²) in [7, 11) is 0. The summed E-state index contributed by atoms with van der Waals surface area (Å²) in [4.78, 5) is 0. The molecule has 7 heteroatoms. The summed E-state index contributed by atoms with van der Waals surface area (Å²) in [5.41, 5.74) is -1.14. The Labute approximate surface area is 89.7 Å². The van der Waals surface area contributed by atoms with E-state index in [0.717, 1.165) is 0 Å². The number of hydrogen-bond donors (Lipinski definition) is 1. The lowest BCUT2D eigenvalue weighted by Crippen LogP contribution is -2.21. The van der Waals surface area contributed by atoms with E-state index in [0.29, 0.717) is 12.1 Å². The largest absolute Gasteiger partial charge is 0.418 e. The van der Waals surface area contributed by atoms with Gasteiger partial charge in [-0.15, -0.1) is 0 Å². The van der Waals surface area contributed by atoms with Gasteiger partial charge in [0.05, 0.1) is 4.47 Å². The zero-order valence-corrected chi connectivity index (χ0v) is 8.53. The van der Waals surface area contributed by atoms with E-state index in [1.165, 1.54) is 0 Å². The third kappa shape index (κ3) is 2.66. The van der Waals surface area contributed by atoms with Gasteiger partial charge < -0.3 is 5.11 Å². The van der Waals surface area contributed by atoms with E-state index in [2.05, 4.69) is 15.9 Å². The second-order valence-corrected chi connectivity index (χ2v) is 3.59. The second kappa shape index (κ2) is 4.05. The fraction of sp³-hybridized carbons (Fsp3) is 0.250. The van der Waals surface area contributed by atoms with Crippen LogP contribution in [0.4, 0.5) is 22.0 Å². The van der Waals surface area contributed by atoms with Crippen molar-refractivity contribution in [2.24, 2.45) is 0 Å². The second-order valence-electron chi connectivity index (χ2n) is 2.73. The Bertz CT molecular complexity index is 376. The predicted molar refractivity (Wildman–Crippen MR) is 45.1 cm³/mol. The Morgan fingerprint density at radius 3 is 2.13 bits per heavy atom. The first-order chi connectivity index (χ1) is 6.73. The maximum Gasteiger partial charge on any atom is 0.418 e. The number of aliphatic hydroxyl groups is 1. The molecule has 0 saturated carbocycles. The summed E-state index contributed by atoms with van der Waals surface area (Å²) in [5, 5.41) is 8.71. The summed E-state index contributed by atoms with van der Waals surface area (Å²) in [6.07, 6.45) is -8.05. The first-order valence-corrected chi connectivity index (χ1v) is 4.42.